The molecular weight excluding hydrogens is 167 g/mol. The second-order valence-electron chi connectivity index (χ2n) is 2.85. The Labute approximate surface area is 77.2 Å². The van der Waals surface area contributed by atoms with E-state index in [0.29, 0.717) is 17.3 Å². The van der Waals surface area contributed by atoms with Gasteiger partial charge in [0.1, 0.15) is 6.29 Å². The average molecular weight is 178 g/mol. The van der Waals surface area contributed by atoms with E-state index in [9.17, 15) is 4.79 Å². The van der Waals surface area contributed by atoms with Crippen molar-refractivity contribution in [2.24, 2.45) is 0 Å². The molecule has 0 aliphatic rings. The number of carbonyl (C=O) groups excluding carboxylic acids is 1. The lowest BCUT2D eigenvalue weighted by Crippen LogP contribution is -2.30. The fraction of sp³-hybridized carbons (Fsp3) is 0.222. The highest BCUT2D eigenvalue weighted by Crippen LogP contribution is 2.02. The Kier molecular flexibility index (Phi) is 3.22. The van der Waals surface area contributed by atoms with E-state index in [1.165, 1.54) is 6.07 Å². The summed E-state index contributed by atoms with van der Waals surface area (Å²) in [6, 6.07) is 4.88. The molecule has 13 heavy (non-hydrogen) atoms. The lowest BCUT2D eigenvalue weighted by atomic mass is 9.78. The van der Waals surface area contributed by atoms with Gasteiger partial charge in [0.15, 0.2) is 0 Å². The molecule has 0 atom stereocenters. The van der Waals surface area contributed by atoms with Gasteiger partial charge in [-0.25, -0.2) is 0 Å². The van der Waals surface area contributed by atoms with Crippen LogP contribution in [0.2, 0.25) is 0 Å². The first-order valence-electron chi connectivity index (χ1n) is 4.12. The van der Waals surface area contributed by atoms with Crippen LogP contribution in [0.3, 0.4) is 0 Å². The first-order valence-corrected chi connectivity index (χ1v) is 4.12. The monoisotopic (exact) mass is 178 g/mol. The highest BCUT2D eigenvalue weighted by atomic mass is 16.4. The van der Waals surface area contributed by atoms with Gasteiger partial charge >= 0.3 is 7.12 Å². The van der Waals surface area contributed by atoms with E-state index in [-0.39, 0.29) is 0 Å². The van der Waals surface area contributed by atoms with Crippen LogP contribution in [0.25, 0.3) is 0 Å². The summed E-state index contributed by atoms with van der Waals surface area (Å²) in [4.78, 5) is 10.5. The summed E-state index contributed by atoms with van der Waals surface area (Å²) in [5.41, 5.74) is 1.76. The number of hydrogen-bond acceptors (Lipinski definition) is 3. The molecule has 0 heterocycles. The molecule has 1 aromatic carbocycles. The molecule has 1 rings (SSSR count). The van der Waals surface area contributed by atoms with Gasteiger partial charge in [-0.15, -0.1) is 0 Å². The Morgan fingerprint density at radius 2 is 2.08 bits per heavy atom. The number of aldehydes is 1. The van der Waals surface area contributed by atoms with Gasteiger partial charge in [0.25, 0.3) is 0 Å². The lowest BCUT2D eigenvalue weighted by molar-refractivity contribution is 0.112. The molecule has 68 valence electrons. The van der Waals surface area contributed by atoms with Crippen molar-refractivity contribution in [2.75, 3.05) is 0 Å². The van der Waals surface area contributed by atoms with E-state index >= 15 is 0 Å². The first kappa shape index (κ1) is 9.96. The molecule has 0 amide bonds. The minimum absolute atomic E-state index is 0.362. The fourth-order valence-corrected chi connectivity index (χ4v) is 1.17. The molecule has 1 aromatic rings. The van der Waals surface area contributed by atoms with Gasteiger partial charge in [-0.05, 0) is 23.5 Å². The predicted molar refractivity (Wildman–Crippen MR) is 51.0 cm³/mol. The molecule has 0 radical (unpaired) electrons. The Morgan fingerprint density at radius 3 is 2.54 bits per heavy atom. The molecule has 0 unspecified atom stereocenters. The molecule has 0 aliphatic heterocycles. The summed E-state index contributed by atoms with van der Waals surface area (Å²) in [6.45, 7) is 1.94. The summed E-state index contributed by atoms with van der Waals surface area (Å²) in [5, 5.41) is 17.8. The Bertz CT molecular complexity index is 310. The minimum Gasteiger partial charge on any atom is -0.423 e. The maximum absolute atomic E-state index is 10.5. The highest BCUT2D eigenvalue weighted by molar-refractivity contribution is 6.58. The maximum atomic E-state index is 10.5. The Morgan fingerprint density at radius 1 is 1.38 bits per heavy atom. The van der Waals surface area contributed by atoms with Gasteiger partial charge in [0, 0.05) is 5.56 Å². The SMILES string of the molecule is CCc1cc(C=O)cc(B(O)O)c1. The van der Waals surface area contributed by atoms with Gasteiger partial charge < -0.3 is 10.0 Å². The standard InChI is InChI=1S/C9H11BO3/c1-2-7-3-8(6-11)5-9(4-7)10(12)13/h3-6,12-13H,2H2,1H3. The van der Waals surface area contributed by atoms with Crippen LogP contribution in [0.15, 0.2) is 18.2 Å². The zero-order chi connectivity index (χ0) is 9.84. The van der Waals surface area contributed by atoms with E-state index in [4.69, 9.17) is 10.0 Å². The molecule has 0 saturated carbocycles. The van der Waals surface area contributed by atoms with E-state index in [2.05, 4.69) is 0 Å². The normalized spacial score (nSPS) is 9.77. The Balaban J connectivity index is 3.14. The van der Waals surface area contributed by atoms with Crippen LogP contribution in [-0.2, 0) is 6.42 Å². The maximum Gasteiger partial charge on any atom is 0.488 e. The zero-order valence-electron chi connectivity index (χ0n) is 7.40. The van der Waals surface area contributed by atoms with Crippen LogP contribution in [0.4, 0.5) is 0 Å². The Hall–Kier alpha value is -1.13. The van der Waals surface area contributed by atoms with Gasteiger partial charge in [-0.1, -0.05) is 19.1 Å². The van der Waals surface area contributed by atoms with Crippen molar-refractivity contribution in [2.45, 2.75) is 13.3 Å². The van der Waals surface area contributed by atoms with Crippen LogP contribution in [0.5, 0.6) is 0 Å². The van der Waals surface area contributed by atoms with Gasteiger partial charge in [0.2, 0.25) is 0 Å². The molecule has 0 spiro atoms. The summed E-state index contributed by atoms with van der Waals surface area (Å²) >= 11 is 0. The molecule has 4 heteroatoms. The third kappa shape index (κ3) is 2.40. The molecule has 0 bridgehead atoms. The molecule has 0 aliphatic carbocycles. The average Bonchev–Trinajstić information content (AvgIpc) is 2.16. The van der Waals surface area contributed by atoms with E-state index < -0.39 is 7.12 Å². The van der Waals surface area contributed by atoms with Gasteiger partial charge in [-0.3, -0.25) is 4.79 Å². The van der Waals surface area contributed by atoms with Crippen LogP contribution >= 0.6 is 0 Å². The number of benzene rings is 1. The summed E-state index contributed by atoms with van der Waals surface area (Å²) in [6.07, 6.45) is 1.46. The van der Waals surface area contributed by atoms with Crippen LogP contribution < -0.4 is 5.46 Å². The van der Waals surface area contributed by atoms with Crippen molar-refractivity contribution in [1.29, 1.82) is 0 Å². The van der Waals surface area contributed by atoms with Crippen molar-refractivity contribution in [1.82, 2.24) is 0 Å². The first-order chi connectivity index (χ1) is 6.17. The van der Waals surface area contributed by atoms with Crippen molar-refractivity contribution in [3.8, 4) is 0 Å². The van der Waals surface area contributed by atoms with E-state index in [0.717, 1.165) is 12.0 Å². The smallest absolute Gasteiger partial charge is 0.423 e. The second kappa shape index (κ2) is 4.21. The summed E-state index contributed by atoms with van der Waals surface area (Å²) in [7, 11) is -1.51. The lowest BCUT2D eigenvalue weighted by Gasteiger charge is -2.03. The number of aryl methyl sites for hydroxylation is 1. The quantitative estimate of drug-likeness (QED) is 0.495. The third-order valence-corrected chi connectivity index (χ3v) is 1.88. The summed E-state index contributed by atoms with van der Waals surface area (Å²) in [5.74, 6) is 0. The van der Waals surface area contributed by atoms with Crippen molar-refractivity contribution >= 4 is 18.9 Å². The third-order valence-electron chi connectivity index (χ3n) is 1.88. The van der Waals surface area contributed by atoms with E-state index in [1.807, 2.05) is 6.92 Å². The number of rotatable bonds is 3. The number of carbonyl (C=O) groups is 1. The molecule has 3 nitrogen and oxygen atoms in total. The summed E-state index contributed by atoms with van der Waals surface area (Å²) < 4.78 is 0. The molecule has 0 fully saturated rings. The van der Waals surface area contributed by atoms with Crippen molar-refractivity contribution in [3.05, 3.63) is 29.3 Å². The van der Waals surface area contributed by atoms with Gasteiger partial charge in [-0.2, -0.15) is 0 Å². The zero-order valence-corrected chi connectivity index (χ0v) is 7.40. The predicted octanol–water partition coefficient (Wildman–Crippen LogP) is -0.259. The topological polar surface area (TPSA) is 57.5 Å². The molecule has 0 saturated heterocycles. The van der Waals surface area contributed by atoms with Crippen LogP contribution in [0, 0.1) is 0 Å². The van der Waals surface area contributed by atoms with Crippen molar-refractivity contribution in [3.63, 3.8) is 0 Å². The largest absolute Gasteiger partial charge is 0.488 e. The second-order valence-corrected chi connectivity index (χ2v) is 2.85. The molecule has 2 N–H and O–H groups in total. The van der Waals surface area contributed by atoms with Crippen molar-refractivity contribution < 1.29 is 14.8 Å². The highest BCUT2D eigenvalue weighted by Gasteiger charge is 2.12. The fourth-order valence-electron chi connectivity index (χ4n) is 1.17. The molecular formula is C9H11BO3. The number of hydrogen-bond donors (Lipinski definition) is 2. The van der Waals surface area contributed by atoms with Gasteiger partial charge in [0.05, 0.1) is 0 Å². The minimum atomic E-state index is -1.51. The molecule has 0 aromatic heterocycles. The van der Waals surface area contributed by atoms with Crippen LogP contribution in [-0.4, -0.2) is 23.5 Å². The van der Waals surface area contributed by atoms with E-state index in [1.54, 1.807) is 12.1 Å². The van der Waals surface area contributed by atoms with Crippen LogP contribution in [0.1, 0.15) is 22.8 Å².